The second-order valence-electron chi connectivity index (χ2n) is 6.32. The number of amides is 1. The SMILES string of the molecule is CC(C)C[C@@H](N)C(=O)N1CCN(Cc2ccccc2)CC1.Cl.Cl. The number of halogens is 2. The van der Waals surface area contributed by atoms with Gasteiger partial charge in [-0.25, -0.2) is 0 Å². The van der Waals surface area contributed by atoms with Crippen LogP contribution in [0.2, 0.25) is 0 Å². The van der Waals surface area contributed by atoms with E-state index in [9.17, 15) is 4.79 Å². The molecule has 1 aliphatic rings. The van der Waals surface area contributed by atoms with Crippen LogP contribution in [0.5, 0.6) is 0 Å². The number of nitrogens with two attached hydrogens (primary N) is 1. The highest BCUT2D eigenvalue weighted by Crippen LogP contribution is 2.11. The largest absolute Gasteiger partial charge is 0.339 e. The molecule has 1 aliphatic heterocycles. The highest BCUT2D eigenvalue weighted by Gasteiger charge is 2.25. The molecule has 1 saturated heterocycles. The van der Waals surface area contributed by atoms with Gasteiger partial charge in [0, 0.05) is 32.7 Å². The summed E-state index contributed by atoms with van der Waals surface area (Å²) >= 11 is 0. The number of benzene rings is 1. The first-order valence-corrected chi connectivity index (χ1v) is 7.87. The first-order chi connectivity index (χ1) is 10.1. The van der Waals surface area contributed by atoms with E-state index in [0.29, 0.717) is 5.92 Å². The van der Waals surface area contributed by atoms with E-state index in [1.54, 1.807) is 0 Å². The number of piperazine rings is 1. The van der Waals surface area contributed by atoms with E-state index in [2.05, 4.69) is 43.0 Å². The minimum absolute atomic E-state index is 0. The number of hydrogen-bond acceptors (Lipinski definition) is 3. The topological polar surface area (TPSA) is 49.6 Å². The Labute approximate surface area is 152 Å². The molecule has 1 heterocycles. The quantitative estimate of drug-likeness (QED) is 0.876. The highest BCUT2D eigenvalue weighted by molar-refractivity contribution is 5.85. The monoisotopic (exact) mass is 361 g/mol. The van der Waals surface area contributed by atoms with Crippen molar-refractivity contribution in [2.45, 2.75) is 32.9 Å². The van der Waals surface area contributed by atoms with Crippen molar-refractivity contribution < 1.29 is 4.79 Å². The zero-order valence-electron chi connectivity index (χ0n) is 14.0. The van der Waals surface area contributed by atoms with Crippen LogP contribution in [0.4, 0.5) is 0 Å². The van der Waals surface area contributed by atoms with Crippen LogP contribution < -0.4 is 5.73 Å². The molecule has 0 aromatic heterocycles. The molecule has 6 heteroatoms. The van der Waals surface area contributed by atoms with Crippen molar-refractivity contribution in [2.24, 2.45) is 11.7 Å². The molecule has 1 fully saturated rings. The molecule has 0 aliphatic carbocycles. The lowest BCUT2D eigenvalue weighted by atomic mass is 10.0. The first-order valence-electron chi connectivity index (χ1n) is 7.87. The number of nitrogens with zero attached hydrogens (tertiary/aromatic N) is 2. The zero-order chi connectivity index (χ0) is 15.2. The maximum Gasteiger partial charge on any atom is 0.239 e. The third-order valence-corrected chi connectivity index (χ3v) is 3.98. The second-order valence-corrected chi connectivity index (χ2v) is 6.32. The summed E-state index contributed by atoms with van der Waals surface area (Å²) in [7, 11) is 0. The smallest absolute Gasteiger partial charge is 0.239 e. The van der Waals surface area contributed by atoms with E-state index < -0.39 is 0 Å². The van der Waals surface area contributed by atoms with Gasteiger partial charge >= 0.3 is 0 Å². The molecule has 0 unspecified atom stereocenters. The highest BCUT2D eigenvalue weighted by atomic mass is 35.5. The second kappa shape index (κ2) is 10.9. The number of rotatable bonds is 5. The fourth-order valence-corrected chi connectivity index (χ4v) is 2.81. The predicted molar refractivity (Wildman–Crippen MR) is 100 cm³/mol. The molecule has 4 nitrogen and oxygen atoms in total. The maximum absolute atomic E-state index is 12.3. The molecule has 0 saturated carbocycles. The van der Waals surface area contributed by atoms with E-state index in [-0.39, 0.29) is 36.8 Å². The van der Waals surface area contributed by atoms with E-state index in [0.717, 1.165) is 39.1 Å². The molecule has 132 valence electrons. The first kappa shape index (κ1) is 22.2. The summed E-state index contributed by atoms with van der Waals surface area (Å²) in [5.41, 5.74) is 7.33. The standard InChI is InChI=1S/C17H27N3O.2ClH/c1-14(2)12-16(18)17(21)20-10-8-19(9-11-20)13-15-6-4-3-5-7-15;;/h3-7,14,16H,8-13,18H2,1-2H3;2*1H/t16-;;/m1../s1. The lowest BCUT2D eigenvalue weighted by Crippen LogP contribution is -2.53. The van der Waals surface area contributed by atoms with Gasteiger partial charge in [0.2, 0.25) is 5.91 Å². The summed E-state index contributed by atoms with van der Waals surface area (Å²) in [6.45, 7) is 8.59. The third-order valence-electron chi connectivity index (χ3n) is 3.98. The summed E-state index contributed by atoms with van der Waals surface area (Å²) in [4.78, 5) is 16.6. The molecule has 2 N–H and O–H groups in total. The van der Waals surface area contributed by atoms with Gasteiger partial charge in [0.15, 0.2) is 0 Å². The van der Waals surface area contributed by atoms with Gasteiger partial charge < -0.3 is 10.6 Å². The minimum Gasteiger partial charge on any atom is -0.339 e. The van der Waals surface area contributed by atoms with Crippen molar-refractivity contribution in [1.82, 2.24) is 9.80 Å². The molecule has 0 radical (unpaired) electrons. The van der Waals surface area contributed by atoms with Gasteiger partial charge in [-0.3, -0.25) is 9.69 Å². The van der Waals surface area contributed by atoms with E-state index in [1.165, 1.54) is 5.56 Å². The fourth-order valence-electron chi connectivity index (χ4n) is 2.81. The lowest BCUT2D eigenvalue weighted by molar-refractivity contribution is -0.134. The van der Waals surface area contributed by atoms with Crippen molar-refractivity contribution >= 4 is 30.7 Å². The van der Waals surface area contributed by atoms with Gasteiger partial charge in [-0.15, -0.1) is 24.8 Å². The van der Waals surface area contributed by atoms with Crippen LogP contribution in [0.3, 0.4) is 0 Å². The van der Waals surface area contributed by atoms with E-state index in [1.807, 2.05) is 11.0 Å². The van der Waals surface area contributed by atoms with Crippen molar-refractivity contribution in [1.29, 1.82) is 0 Å². The minimum atomic E-state index is -0.342. The summed E-state index contributed by atoms with van der Waals surface area (Å²) in [6, 6.07) is 10.1. The van der Waals surface area contributed by atoms with Gasteiger partial charge in [-0.1, -0.05) is 44.2 Å². The predicted octanol–water partition coefficient (Wildman–Crippen LogP) is 2.55. The third kappa shape index (κ3) is 7.08. The average Bonchev–Trinajstić information content (AvgIpc) is 2.47. The van der Waals surface area contributed by atoms with Gasteiger partial charge in [0.1, 0.15) is 0 Å². The molecule has 0 bridgehead atoms. The van der Waals surface area contributed by atoms with Crippen LogP contribution >= 0.6 is 24.8 Å². The Morgan fingerprint density at radius 2 is 1.65 bits per heavy atom. The Balaban J connectivity index is 0.00000242. The summed E-state index contributed by atoms with van der Waals surface area (Å²) in [5.74, 6) is 0.575. The van der Waals surface area contributed by atoms with Crippen LogP contribution in [-0.2, 0) is 11.3 Å². The van der Waals surface area contributed by atoms with Crippen LogP contribution in [0.15, 0.2) is 30.3 Å². The lowest BCUT2D eigenvalue weighted by Gasteiger charge is -2.36. The fraction of sp³-hybridized carbons (Fsp3) is 0.588. The van der Waals surface area contributed by atoms with Gasteiger partial charge in [0.25, 0.3) is 0 Å². The summed E-state index contributed by atoms with van der Waals surface area (Å²) in [5, 5.41) is 0. The molecule has 1 atom stereocenters. The summed E-state index contributed by atoms with van der Waals surface area (Å²) < 4.78 is 0. The van der Waals surface area contributed by atoms with Crippen LogP contribution in [0.1, 0.15) is 25.8 Å². The Morgan fingerprint density at radius 1 is 1.09 bits per heavy atom. The Kier molecular flexibility index (Phi) is 10.5. The van der Waals surface area contributed by atoms with Gasteiger partial charge in [-0.2, -0.15) is 0 Å². The molecular formula is C17H29Cl2N3O. The zero-order valence-corrected chi connectivity index (χ0v) is 15.6. The van der Waals surface area contributed by atoms with Crippen molar-refractivity contribution in [3.8, 4) is 0 Å². The number of hydrogen-bond donors (Lipinski definition) is 1. The molecule has 0 spiro atoms. The Morgan fingerprint density at radius 3 is 2.17 bits per heavy atom. The molecule has 1 aromatic carbocycles. The van der Waals surface area contributed by atoms with E-state index in [4.69, 9.17) is 5.73 Å². The van der Waals surface area contributed by atoms with Gasteiger partial charge in [-0.05, 0) is 17.9 Å². The number of carbonyl (C=O) groups excluding carboxylic acids is 1. The molecule has 1 amide bonds. The van der Waals surface area contributed by atoms with Crippen LogP contribution in [0.25, 0.3) is 0 Å². The molecular weight excluding hydrogens is 333 g/mol. The molecule has 23 heavy (non-hydrogen) atoms. The van der Waals surface area contributed by atoms with E-state index >= 15 is 0 Å². The van der Waals surface area contributed by atoms with Crippen molar-refractivity contribution in [3.63, 3.8) is 0 Å². The summed E-state index contributed by atoms with van der Waals surface area (Å²) in [6.07, 6.45) is 0.767. The Hall–Kier alpha value is -0.810. The van der Waals surface area contributed by atoms with Gasteiger partial charge in [0.05, 0.1) is 6.04 Å². The number of carbonyl (C=O) groups is 1. The molecule has 1 aromatic rings. The van der Waals surface area contributed by atoms with Crippen LogP contribution in [-0.4, -0.2) is 47.9 Å². The average molecular weight is 362 g/mol. The molecule has 2 rings (SSSR count). The van der Waals surface area contributed by atoms with Crippen molar-refractivity contribution in [3.05, 3.63) is 35.9 Å². The van der Waals surface area contributed by atoms with Crippen molar-refractivity contribution in [2.75, 3.05) is 26.2 Å². The Bertz CT molecular complexity index is 448. The normalized spacial score (nSPS) is 16.4. The maximum atomic E-state index is 12.3. The van der Waals surface area contributed by atoms with Crippen LogP contribution in [0, 0.1) is 5.92 Å².